The molecule has 8 nitrogen and oxygen atoms in total. The largest absolute Gasteiger partial charge is 0.394 e. The highest BCUT2D eigenvalue weighted by atomic mass is 16.7. The third-order valence-corrected chi connectivity index (χ3v) is 2.90. The molecule has 0 saturated carbocycles. The molecule has 8 heteroatoms. The average Bonchev–Trinajstić information content (AvgIpc) is 2.30. The number of Topliss-reactive ketones (excluding diaryl/α,β-unsaturated/α-hetero) is 1. The number of ether oxygens (including phenoxy) is 1. The second-order valence-corrected chi connectivity index (χ2v) is 4.35. The molecule has 0 radical (unpaired) electrons. The Morgan fingerprint density at radius 3 is 2.33 bits per heavy atom. The van der Waals surface area contributed by atoms with Crippen molar-refractivity contribution in [3.8, 4) is 0 Å². The average molecular weight is 263 g/mol. The summed E-state index contributed by atoms with van der Waals surface area (Å²) in [6, 6.07) is 0. The summed E-state index contributed by atoms with van der Waals surface area (Å²) in [6.45, 7) is 3.72. The van der Waals surface area contributed by atoms with Gasteiger partial charge in [0, 0.05) is 0 Å². The second-order valence-electron chi connectivity index (χ2n) is 4.35. The molecule has 1 fully saturated rings. The zero-order chi connectivity index (χ0) is 14.3. The SMILES string of the molecule is C=C(C)C(=O)C1(O)O[C@H](CO)[C@@H](O)[C@H](O)[C@@]1(N)O. The fourth-order valence-electron chi connectivity index (χ4n) is 1.72. The van der Waals surface area contributed by atoms with Crippen LogP contribution in [0.15, 0.2) is 12.2 Å². The van der Waals surface area contributed by atoms with E-state index in [1.165, 1.54) is 6.92 Å². The van der Waals surface area contributed by atoms with Gasteiger partial charge in [0.1, 0.15) is 18.3 Å². The Morgan fingerprint density at radius 1 is 1.44 bits per heavy atom. The monoisotopic (exact) mass is 263 g/mol. The van der Waals surface area contributed by atoms with E-state index in [-0.39, 0.29) is 5.57 Å². The van der Waals surface area contributed by atoms with Crippen molar-refractivity contribution in [2.75, 3.05) is 6.61 Å². The maximum atomic E-state index is 11.8. The summed E-state index contributed by atoms with van der Waals surface area (Å²) in [5, 5.41) is 47.9. The molecule has 0 bridgehead atoms. The molecule has 18 heavy (non-hydrogen) atoms. The van der Waals surface area contributed by atoms with Crippen LogP contribution in [0.1, 0.15) is 6.92 Å². The predicted molar refractivity (Wildman–Crippen MR) is 57.9 cm³/mol. The third kappa shape index (κ3) is 1.97. The normalized spacial score (nSPS) is 44.7. The summed E-state index contributed by atoms with van der Waals surface area (Å²) in [5.41, 5.74) is 2.16. The summed E-state index contributed by atoms with van der Waals surface area (Å²) in [4.78, 5) is 11.8. The van der Waals surface area contributed by atoms with Gasteiger partial charge >= 0.3 is 0 Å². The minimum absolute atomic E-state index is 0.179. The van der Waals surface area contributed by atoms with Crippen LogP contribution in [0.3, 0.4) is 0 Å². The summed E-state index contributed by atoms with van der Waals surface area (Å²) in [7, 11) is 0. The van der Waals surface area contributed by atoms with Gasteiger partial charge in [-0.1, -0.05) is 6.58 Å². The molecule has 1 rings (SSSR count). The Kier molecular flexibility index (Phi) is 3.94. The van der Waals surface area contributed by atoms with Crippen LogP contribution in [0.4, 0.5) is 0 Å². The minimum atomic E-state index is -3.00. The molecule has 0 spiro atoms. The lowest BCUT2D eigenvalue weighted by Gasteiger charge is -2.49. The summed E-state index contributed by atoms with van der Waals surface area (Å²) < 4.78 is 4.75. The molecule has 0 aromatic carbocycles. The van der Waals surface area contributed by atoms with Gasteiger partial charge in [0.2, 0.25) is 11.5 Å². The third-order valence-electron chi connectivity index (χ3n) is 2.90. The lowest BCUT2D eigenvalue weighted by molar-refractivity contribution is -0.367. The van der Waals surface area contributed by atoms with Gasteiger partial charge in [0.25, 0.3) is 5.79 Å². The lowest BCUT2D eigenvalue weighted by Crippen LogP contribution is -2.79. The maximum Gasteiger partial charge on any atom is 0.277 e. The van der Waals surface area contributed by atoms with Crippen LogP contribution in [0.2, 0.25) is 0 Å². The van der Waals surface area contributed by atoms with Gasteiger partial charge in [-0.15, -0.1) is 0 Å². The van der Waals surface area contributed by atoms with Crippen LogP contribution in [0.25, 0.3) is 0 Å². The summed E-state index contributed by atoms with van der Waals surface area (Å²) in [5.74, 6) is -4.15. The second kappa shape index (κ2) is 4.67. The van der Waals surface area contributed by atoms with Crippen LogP contribution < -0.4 is 5.73 Å². The Bertz CT molecular complexity index is 369. The van der Waals surface area contributed by atoms with Crippen molar-refractivity contribution in [1.82, 2.24) is 0 Å². The van der Waals surface area contributed by atoms with Gasteiger partial charge in [0.15, 0.2) is 0 Å². The molecule has 0 aromatic heterocycles. The van der Waals surface area contributed by atoms with Crippen LogP contribution in [0.5, 0.6) is 0 Å². The Labute approximate surface area is 103 Å². The van der Waals surface area contributed by atoms with E-state index in [4.69, 9.17) is 15.6 Å². The smallest absolute Gasteiger partial charge is 0.277 e. The van der Waals surface area contributed by atoms with Crippen molar-refractivity contribution in [3.63, 3.8) is 0 Å². The molecule has 0 aromatic rings. The number of ketones is 1. The number of hydrogen-bond donors (Lipinski definition) is 6. The van der Waals surface area contributed by atoms with E-state index in [0.717, 1.165) is 0 Å². The van der Waals surface area contributed by atoms with E-state index < -0.39 is 42.2 Å². The number of aliphatic hydroxyl groups is 5. The molecule has 0 amide bonds. The molecule has 7 N–H and O–H groups in total. The van der Waals surface area contributed by atoms with Crippen LogP contribution in [-0.2, 0) is 9.53 Å². The highest BCUT2D eigenvalue weighted by Crippen LogP contribution is 2.35. The van der Waals surface area contributed by atoms with E-state index in [1.807, 2.05) is 0 Å². The van der Waals surface area contributed by atoms with Gasteiger partial charge in [-0.2, -0.15) is 0 Å². The standard InChI is InChI=1S/C10H17NO7/c1-4(2)7(14)10(17)9(11,16)8(15)6(13)5(3-12)18-10/h5-6,8,12-13,15-17H,1,3,11H2,2H3/t5-,6-,8+,9-,10?/m1/s1. The fourth-order valence-corrected chi connectivity index (χ4v) is 1.72. The molecule has 1 aliphatic rings. The molecule has 1 heterocycles. The molecule has 1 unspecified atom stereocenters. The quantitative estimate of drug-likeness (QED) is 0.227. The predicted octanol–water partition coefficient (Wildman–Crippen LogP) is -3.42. The molecular weight excluding hydrogens is 246 g/mol. The number of aliphatic hydroxyl groups excluding tert-OH is 3. The number of nitrogens with two attached hydrogens (primary N) is 1. The van der Waals surface area contributed by atoms with Crippen molar-refractivity contribution >= 4 is 5.78 Å². The maximum absolute atomic E-state index is 11.8. The number of carbonyl (C=O) groups is 1. The molecule has 104 valence electrons. The van der Waals surface area contributed by atoms with Gasteiger partial charge < -0.3 is 30.3 Å². The van der Waals surface area contributed by atoms with Crippen molar-refractivity contribution in [2.45, 2.75) is 36.7 Å². The van der Waals surface area contributed by atoms with E-state index in [0.29, 0.717) is 0 Å². The highest BCUT2D eigenvalue weighted by molar-refractivity contribution is 6.00. The molecule has 0 aliphatic carbocycles. The molecule has 5 atom stereocenters. The minimum Gasteiger partial charge on any atom is -0.394 e. The summed E-state index contributed by atoms with van der Waals surface area (Å²) >= 11 is 0. The Balaban J connectivity index is 3.24. The first-order chi connectivity index (χ1) is 8.09. The van der Waals surface area contributed by atoms with Crippen molar-refractivity contribution < 1.29 is 35.1 Å². The molecular formula is C10H17NO7. The topological polar surface area (TPSA) is 153 Å². The van der Waals surface area contributed by atoms with Crippen LogP contribution in [0, 0.1) is 0 Å². The molecule has 1 aliphatic heterocycles. The van der Waals surface area contributed by atoms with E-state index in [1.54, 1.807) is 0 Å². The van der Waals surface area contributed by atoms with Crippen LogP contribution in [-0.4, -0.2) is 67.7 Å². The van der Waals surface area contributed by atoms with Crippen LogP contribution >= 0.6 is 0 Å². The first-order valence-electron chi connectivity index (χ1n) is 5.18. The first kappa shape index (κ1) is 15.2. The zero-order valence-electron chi connectivity index (χ0n) is 9.78. The van der Waals surface area contributed by atoms with E-state index in [2.05, 4.69) is 6.58 Å². The van der Waals surface area contributed by atoms with Crippen molar-refractivity contribution in [2.24, 2.45) is 5.73 Å². The van der Waals surface area contributed by atoms with Gasteiger partial charge in [0.05, 0.1) is 6.61 Å². The Morgan fingerprint density at radius 2 is 1.94 bits per heavy atom. The number of rotatable bonds is 3. The number of hydrogen-bond acceptors (Lipinski definition) is 8. The zero-order valence-corrected chi connectivity index (χ0v) is 9.78. The molecule has 1 saturated heterocycles. The van der Waals surface area contributed by atoms with E-state index in [9.17, 15) is 25.2 Å². The number of carbonyl (C=O) groups excluding carboxylic acids is 1. The van der Waals surface area contributed by atoms with E-state index >= 15 is 0 Å². The summed E-state index contributed by atoms with van der Waals surface area (Å²) in [6.07, 6.45) is -5.32. The van der Waals surface area contributed by atoms with Gasteiger partial charge in [-0.25, -0.2) is 0 Å². The first-order valence-corrected chi connectivity index (χ1v) is 5.18. The van der Waals surface area contributed by atoms with Gasteiger partial charge in [-0.3, -0.25) is 10.5 Å². The van der Waals surface area contributed by atoms with Gasteiger partial charge in [-0.05, 0) is 12.5 Å². The highest BCUT2D eigenvalue weighted by Gasteiger charge is 2.65. The Hall–Kier alpha value is -0.870. The van der Waals surface area contributed by atoms with Crippen molar-refractivity contribution in [1.29, 1.82) is 0 Å². The van der Waals surface area contributed by atoms with Crippen molar-refractivity contribution in [3.05, 3.63) is 12.2 Å². The lowest BCUT2D eigenvalue weighted by atomic mass is 9.83. The fraction of sp³-hybridized carbons (Fsp3) is 0.700.